The van der Waals surface area contributed by atoms with Crippen LogP contribution in [0.25, 0.3) is 11.5 Å². The first-order valence-corrected chi connectivity index (χ1v) is 10.4. The van der Waals surface area contributed by atoms with Gasteiger partial charge in [-0.2, -0.15) is 10.2 Å². The van der Waals surface area contributed by atoms with Crippen molar-refractivity contribution in [2.24, 2.45) is 7.05 Å². The second-order valence-corrected chi connectivity index (χ2v) is 7.48. The fourth-order valence-corrected chi connectivity index (χ4v) is 3.56. The molecule has 0 saturated heterocycles. The van der Waals surface area contributed by atoms with Crippen molar-refractivity contribution in [3.8, 4) is 23.0 Å². The lowest BCUT2D eigenvalue weighted by Gasteiger charge is -2.08. The zero-order chi connectivity index (χ0) is 23.1. The van der Waals surface area contributed by atoms with Gasteiger partial charge < -0.3 is 19.7 Å². The van der Waals surface area contributed by atoms with Crippen LogP contribution < -0.4 is 9.47 Å². The predicted octanol–water partition coefficient (Wildman–Crippen LogP) is 2.25. The number of benzene rings is 1. The number of aliphatic hydroxyl groups excluding tert-OH is 1. The van der Waals surface area contributed by atoms with Crippen molar-refractivity contribution in [3.05, 3.63) is 41.3 Å². The Bertz CT molecular complexity index is 1040. The standard InChI is InChI=1S/C21H27N5O3.CH2O2/c1-25-17(15-6-7-15)13-16(23-25)21-22-20(24-26(21)9-4-10-27)12-14-5-8-18(28-2)19(11-14)29-3;2-1-3/h5,8,11,13,15,27H,4,6-7,9-10,12H2,1-3H3;1H,(H,2,3). The van der Waals surface area contributed by atoms with Crippen molar-refractivity contribution in [2.75, 3.05) is 20.8 Å². The average Bonchev–Trinajstić information content (AvgIpc) is 3.45. The number of aliphatic hydroxyl groups is 1. The van der Waals surface area contributed by atoms with E-state index >= 15 is 0 Å². The van der Waals surface area contributed by atoms with Crippen LogP contribution >= 0.6 is 0 Å². The van der Waals surface area contributed by atoms with Crippen LogP contribution in [0.1, 0.15) is 42.3 Å². The first-order chi connectivity index (χ1) is 15.5. The minimum Gasteiger partial charge on any atom is -0.493 e. The lowest BCUT2D eigenvalue weighted by atomic mass is 10.1. The lowest BCUT2D eigenvalue weighted by Crippen LogP contribution is -2.05. The third-order valence-electron chi connectivity index (χ3n) is 5.19. The molecule has 1 aliphatic rings. The summed E-state index contributed by atoms with van der Waals surface area (Å²) >= 11 is 0. The molecule has 1 aliphatic carbocycles. The van der Waals surface area contributed by atoms with E-state index in [2.05, 4.69) is 16.3 Å². The molecule has 0 atom stereocenters. The molecule has 1 fully saturated rings. The van der Waals surface area contributed by atoms with Crippen LogP contribution in [0.5, 0.6) is 11.5 Å². The van der Waals surface area contributed by atoms with E-state index in [9.17, 15) is 5.11 Å². The molecule has 2 aromatic heterocycles. The van der Waals surface area contributed by atoms with Crippen LogP contribution in [-0.4, -0.2) is 62.1 Å². The van der Waals surface area contributed by atoms with Crippen molar-refractivity contribution < 1.29 is 24.5 Å². The number of carbonyl (C=O) groups is 1. The fraction of sp³-hybridized carbons (Fsp3) is 0.455. The molecular weight excluding hydrogens is 414 g/mol. The van der Waals surface area contributed by atoms with Gasteiger partial charge in [0.2, 0.25) is 0 Å². The van der Waals surface area contributed by atoms with Crippen LogP contribution in [0, 0.1) is 0 Å². The van der Waals surface area contributed by atoms with E-state index in [4.69, 9.17) is 24.4 Å². The van der Waals surface area contributed by atoms with Crippen LogP contribution in [-0.2, 0) is 24.8 Å². The number of hydrogen-bond acceptors (Lipinski definition) is 7. The summed E-state index contributed by atoms with van der Waals surface area (Å²) in [6, 6.07) is 7.94. The number of aryl methyl sites for hydroxylation is 2. The average molecular weight is 444 g/mol. The van der Waals surface area contributed by atoms with Gasteiger partial charge in [0.15, 0.2) is 23.1 Å². The quantitative estimate of drug-likeness (QED) is 0.483. The third-order valence-corrected chi connectivity index (χ3v) is 5.19. The SMILES string of the molecule is COc1ccc(Cc2nc(-c3cc(C4CC4)n(C)n3)n(CCCO)n2)cc1OC.O=CO. The molecule has 10 nitrogen and oxygen atoms in total. The molecule has 172 valence electrons. The maximum Gasteiger partial charge on any atom is 0.290 e. The van der Waals surface area contributed by atoms with Crippen LogP contribution in [0.3, 0.4) is 0 Å². The summed E-state index contributed by atoms with van der Waals surface area (Å²) in [7, 11) is 5.23. The number of hydrogen-bond donors (Lipinski definition) is 2. The summed E-state index contributed by atoms with van der Waals surface area (Å²) in [6.45, 7) is 0.458. The highest BCUT2D eigenvalue weighted by Crippen LogP contribution is 2.40. The van der Waals surface area contributed by atoms with Crippen molar-refractivity contribution >= 4 is 6.47 Å². The number of aromatic nitrogens is 5. The molecule has 0 unspecified atom stereocenters. The van der Waals surface area contributed by atoms with Gasteiger partial charge in [-0.15, -0.1) is 0 Å². The van der Waals surface area contributed by atoms with Crippen molar-refractivity contribution in [1.82, 2.24) is 24.5 Å². The number of rotatable bonds is 9. The predicted molar refractivity (Wildman–Crippen MR) is 117 cm³/mol. The second kappa shape index (κ2) is 10.8. The van der Waals surface area contributed by atoms with Gasteiger partial charge in [0.25, 0.3) is 6.47 Å². The smallest absolute Gasteiger partial charge is 0.290 e. The molecule has 0 amide bonds. The van der Waals surface area contributed by atoms with E-state index in [0.717, 1.165) is 17.1 Å². The Morgan fingerprint density at radius 2 is 1.88 bits per heavy atom. The van der Waals surface area contributed by atoms with E-state index in [0.29, 0.717) is 42.6 Å². The first-order valence-electron chi connectivity index (χ1n) is 10.4. The molecule has 3 aromatic rings. The first kappa shape index (κ1) is 23.3. The molecule has 0 bridgehead atoms. The van der Waals surface area contributed by atoms with Gasteiger partial charge in [-0.3, -0.25) is 9.48 Å². The van der Waals surface area contributed by atoms with Crippen LogP contribution in [0.15, 0.2) is 24.3 Å². The zero-order valence-electron chi connectivity index (χ0n) is 18.6. The molecule has 0 aliphatic heterocycles. The molecule has 1 saturated carbocycles. The summed E-state index contributed by atoms with van der Waals surface area (Å²) in [5.74, 6) is 3.45. The second-order valence-electron chi connectivity index (χ2n) is 7.48. The Hall–Kier alpha value is -3.40. The minimum absolute atomic E-state index is 0.111. The molecular formula is C22H29N5O5. The van der Waals surface area contributed by atoms with Crippen molar-refractivity contribution in [3.63, 3.8) is 0 Å². The molecule has 0 spiro atoms. The highest BCUT2D eigenvalue weighted by atomic mass is 16.5. The highest BCUT2D eigenvalue weighted by molar-refractivity contribution is 5.51. The minimum atomic E-state index is -0.250. The van der Waals surface area contributed by atoms with Crippen LogP contribution in [0.2, 0.25) is 0 Å². The van der Waals surface area contributed by atoms with Gasteiger partial charge in [-0.25, -0.2) is 9.67 Å². The van der Waals surface area contributed by atoms with Crippen molar-refractivity contribution in [2.45, 2.75) is 38.1 Å². The maximum absolute atomic E-state index is 9.26. The molecule has 0 radical (unpaired) electrons. The third kappa shape index (κ3) is 5.44. The van der Waals surface area contributed by atoms with E-state index in [1.807, 2.05) is 34.6 Å². The lowest BCUT2D eigenvalue weighted by molar-refractivity contribution is -0.122. The van der Waals surface area contributed by atoms with Crippen LogP contribution in [0.4, 0.5) is 0 Å². The fourth-order valence-electron chi connectivity index (χ4n) is 3.56. The van der Waals surface area contributed by atoms with Gasteiger partial charge in [0, 0.05) is 38.2 Å². The molecule has 1 aromatic carbocycles. The number of methoxy groups -OCH3 is 2. The summed E-state index contributed by atoms with van der Waals surface area (Å²) in [5, 5.41) is 25.5. The van der Waals surface area contributed by atoms with E-state index in [-0.39, 0.29) is 13.1 Å². The Labute approximate surface area is 186 Å². The summed E-state index contributed by atoms with van der Waals surface area (Å²) in [4.78, 5) is 13.1. The Balaban J connectivity index is 0.000000913. The monoisotopic (exact) mass is 443 g/mol. The maximum atomic E-state index is 9.26. The van der Waals surface area contributed by atoms with Gasteiger partial charge >= 0.3 is 0 Å². The normalized spacial score (nSPS) is 12.8. The highest BCUT2D eigenvalue weighted by Gasteiger charge is 2.28. The Morgan fingerprint density at radius 1 is 1.16 bits per heavy atom. The van der Waals surface area contributed by atoms with Gasteiger partial charge in [0.1, 0.15) is 5.69 Å². The van der Waals surface area contributed by atoms with E-state index in [1.54, 1.807) is 14.2 Å². The van der Waals surface area contributed by atoms with E-state index < -0.39 is 0 Å². The van der Waals surface area contributed by atoms with Gasteiger partial charge in [-0.1, -0.05) is 6.07 Å². The molecule has 10 heteroatoms. The number of nitrogens with zero attached hydrogens (tertiary/aromatic N) is 5. The summed E-state index contributed by atoms with van der Waals surface area (Å²) in [6.07, 6.45) is 3.64. The zero-order valence-corrected chi connectivity index (χ0v) is 18.6. The number of ether oxygens (including phenoxy) is 2. The van der Waals surface area contributed by atoms with Crippen molar-refractivity contribution in [1.29, 1.82) is 0 Å². The van der Waals surface area contributed by atoms with Gasteiger partial charge in [0.05, 0.1) is 14.2 Å². The van der Waals surface area contributed by atoms with E-state index in [1.165, 1.54) is 18.5 Å². The molecule has 4 rings (SSSR count). The topological polar surface area (TPSA) is 125 Å². The molecule has 2 heterocycles. The number of carboxylic acid groups (broad SMARTS) is 1. The Kier molecular flexibility index (Phi) is 7.82. The molecule has 2 N–H and O–H groups in total. The Morgan fingerprint density at radius 3 is 2.50 bits per heavy atom. The largest absolute Gasteiger partial charge is 0.493 e. The van der Waals surface area contributed by atoms with Gasteiger partial charge in [-0.05, 0) is 43.0 Å². The summed E-state index contributed by atoms with van der Waals surface area (Å²) < 4.78 is 14.5. The summed E-state index contributed by atoms with van der Waals surface area (Å²) in [5.41, 5.74) is 3.12. The molecule has 32 heavy (non-hydrogen) atoms.